The van der Waals surface area contributed by atoms with E-state index in [0.29, 0.717) is 12.6 Å². The SMILES string of the molecule is Cc1c(C(CN)N2CCC(CN(C)C)CC2)cnn1C. The fraction of sp³-hybridized carbons (Fsp3) is 0.800. The number of nitrogens with zero attached hydrogens (tertiary/aromatic N) is 4. The highest BCUT2D eigenvalue weighted by atomic mass is 15.3. The fourth-order valence-corrected chi connectivity index (χ4v) is 3.28. The normalized spacial score (nSPS) is 19.7. The summed E-state index contributed by atoms with van der Waals surface area (Å²) in [5.74, 6) is 0.828. The van der Waals surface area contributed by atoms with Crippen molar-refractivity contribution in [2.24, 2.45) is 18.7 Å². The molecule has 0 aliphatic carbocycles. The molecule has 1 fully saturated rings. The molecule has 0 saturated carbocycles. The van der Waals surface area contributed by atoms with Crippen molar-refractivity contribution in [2.45, 2.75) is 25.8 Å². The van der Waals surface area contributed by atoms with Gasteiger partial charge in [-0.2, -0.15) is 5.10 Å². The van der Waals surface area contributed by atoms with Crippen molar-refractivity contribution in [1.29, 1.82) is 0 Å². The van der Waals surface area contributed by atoms with Gasteiger partial charge in [0, 0.05) is 31.4 Å². The van der Waals surface area contributed by atoms with Crippen LogP contribution in [-0.4, -0.2) is 59.9 Å². The van der Waals surface area contributed by atoms with Gasteiger partial charge in [0.2, 0.25) is 0 Å². The summed E-state index contributed by atoms with van der Waals surface area (Å²) in [6.45, 7) is 6.30. The van der Waals surface area contributed by atoms with Crippen LogP contribution in [0.15, 0.2) is 6.20 Å². The van der Waals surface area contributed by atoms with Crippen LogP contribution in [0, 0.1) is 12.8 Å². The van der Waals surface area contributed by atoms with Crippen LogP contribution in [0.2, 0.25) is 0 Å². The summed E-state index contributed by atoms with van der Waals surface area (Å²) in [6, 6.07) is 0.323. The second-order valence-corrected chi connectivity index (χ2v) is 6.30. The number of piperidine rings is 1. The molecule has 5 nitrogen and oxygen atoms in total. The Balaban J connectivity index is 1.99. The van der Waals surface area contributed by atoms with E-state index in [1.807, 2.05) is 17.9 Å². The Labute approximate surface area is 122 Å². The van der Waals surface area contributed by atoms with Crippen molar-refractivity contribution in [3.05, 3.63) is 17.5 Å². The lowest BCUT2D eigenvalue weighted by Crippen LogP contribution is -2.41. The van der Waals surface area contributed by atoms with E-state index in [9.17, 15) is 0 Å². The third kappa shape index (κ3) is 3.40. The zero-order valence-corrected chi connectivity index (χ0v) is 13.3. The summed E-state index contributed by atoms with van der Waals surface area (Å²) in [6.07, 6.45) is 4.53. The van der Waals surface area contributed by atoms with E-state index in [2.05, 4.69) is 35.9 Å². The topological polar surface area (TPSA) is 50.3 Å². The molecule has 20 heavy (non-hydrogen) atoms. The minimum atomic E-state index is 0.323. The van der Waals surface area contributed by atoms with Crippen LogP contribution >= 0.6 is 0 Å². The molecule has 5 heteroatoms. The Morgan fingerprint density at radius 1 is 1.40 bits per heavy atom. The van der Waals surface area contributed by atoms with Gasteiger partial charge in [0.05, 0.1) is 12.2 Å². The Kier molecular flexibility index (Phi) is 5.18. The molecule has 1 unspecified atom stereocenters. The van der Waals surface area contributed by atoms with Gasteiger partial charge in [-0.25, -0.2) is 0 Å². The number of aromatic nitrogens is 2. The molecule has 114 valence electrons. The van der Waals surface area contributed by atoms with Crippen LogP contribution in [0.1, 0.15) is 30.1 Å². The lowest BCUT2D eigenvalue weighted by molar-refractivity contribution is 0.122. The number of likely N-dealkylation sites (tertiary alicyclic amines) is 1. The molecular weight excluding hydrogens is 250 g/mol. The lowest BCUT2D eigenvalue weighted by atomic mass is 9.94. The summed E-state index contributed by atoms with van der Waals surface area (Å²) in [5.41, 5.74) is 8.57. The largest absolute Gasteiger partial charge is 0.329 e. The molecule has 2 N–H and O–H groups in total. The maximum absolute atomic E-state index is 6.04. The molecule has 1 saturated heterocycles. The molecule has 2 heterocycles. The predicted molar refractivity (Wildman–Crippen MR) is 82.6 cm³/mol. The Morgan fingerprint density at radius 2 is 2.05 bits per heavy atom. The molecule has 2 rings (SSSR count). The second kappa shape index (κ2) is 6.70. The van der Waals surface area contributed by atoms with Crippen LogP contribution in [0.3, 0.4) is 0 Å². The van der Waals surface area contributed by atoms with Gasteiger partial charge in [0.25, 0.3) is 0 Å². The van der Waals surface area contributed by atoms with Crippen molar-refractivity contribution in [3.63, 3.8) is 0 Å². The van der Waals surface area contributed by atoms with Crippen molar-refractivity contribution < 1.29 is 0 Å². The first-order valence-corrected chi connectivity index (χ1v) is 7.60. The number of hydrogen-bond donors (Lipinski definition) is 1. The van der Waals surface area contributed by atoms with E-state index in [0.717, 1.165) is 19.0 Å². The van der Waals surface area contributed by atoms with Gasteiger partial charge in [-0.05, 0) is 52.9 Å². The third-order valence-corrected chi connectivity index (χ3v) is 4.57. The quantitative estimate of drug-likeness (QED) is 0.874. The van der Waals surface area contributed by atoms with Gasteiger partial charge in [-0.1, -0.05) is 0 Å². The highest BCUT2D eigenvalue weighted by molar-refractivity contribution is 5.21. The number of aryl methyl sites for hydroxylation is 1. The molecule has 0 spiro atoms. The van der Waals surface area contributed by atoms with Crippen molar-refractivity contribution >= 4 is 0 Å². The summed E-state index contributed by atoms with van der Waals surface area (Å²) in [4.78, 5) is 4.84. The van der Waals surface area contributed by atoms with Gasteiger partial charge >= 0.3 is 0 Å². The first-order chi connectivity index (χ1) is 9.52. The average molecular weight is 279 g/mol. The summed E-state index contributed by atoms with van der Waals surface area (Å²) in [5, 5.41) is 4.36. The molecule has 1 aliphatic rings. The molecule has 1 aromatic heterocycles. The zero-order chi connectivity index (χ0) is 14.7. The Morgan fingerprint density at radius 3 is 2.50 bits per heavy atom. The smallest absolute Gasteiger partial charge is 0.0540 e. The van der Waals surface area contributed by atoms with Crippen LogP contribution < -0.4 is 5.73 Å². The van der Waals surface area contributed by atoms with Gasteiger partial charge in [-0.3, -0.25) is 9.58 Å². The van der Waals surface area contributed by atoms with Gasteiger partial charge < -0.3 is 10.6 Å². The number of nitrogens with two attached hydrogens (primary N) is 1. The highest BCUT2D eigenvalue weighted by Gasteiger charge is 2.27. The summed E-state index contributed by atoms with van der Waals surface area (Å²) in [7, 11) is 6.32. The minimum absolute atomic E-state index is 0.323. The molecule has 0 aromatic carbocycles. The maximum atomic E-state index is 6.04. The summed E-state index contributed by atoms with van der Waals surface area (Å²) < 4.78 is 1.94. The van der Waals surface area contributed by atoms with Crippen LogP contribution in [0.5, 0.6) is 0 Å². The molecular formula is C15H29N5. The van der Waals surface area contributed by atoms with Crippen molar-refractivity contribution in [2.75, 3.05) is 40.3 Å². The second-order valence-electron chi connectivity index (χ2n) is 6.30. The lowest BCUT2D eigenvalue weighted by Gasteiger charge is -2.37. The minimum Gasteiger partial charge on any atom is -0.329 e. The van der Waals surface area contributed by atoms with Crippen molar-refractivity contribution in [3.8, 4) is 0 Å². The molecule has 0 bridgehead atoms. The fourth-order valence-electron chi connectivity index (χ4n) is 3.28. The van der Waals surface area contributed by atoms with E-state index in [-0.39, 0.29) is 0 Å². The van der Waals surface area contributed by atoms with Crippen molar-refractivity contribution in [1.82, 2.24) is 19.6 Å². The maximum Gasteiger partial charge on any atom is 0.0540 e. The van der Waals surface area contributed by atoms with Gasteiger partial charge in [-0.15, -0.1) is 0 Å². The molecule has 0 radical (unpaired) electrons. The predicted octanol–water partition coefficient (Wildman–Crippen LogP) is 1.00. The number of rotatable bonds is 5. The molecule has 1 aromatic rings. The Hall–Kier alpha value is -0.910. The standard InChI is InChI=1S/C15H29N5/c1-12-14(10-17-19(12)4)15(9-16)20-7-5-13(6-8-20)11-18(2)3/h10,13,15H,5-9,11,16H2,1-4H3. The van der Waals surface area contributed by atoms with Crippen LogP contribution in [-0.2, 0) is 7.05 Å². The molecule has 0 amide bonds. The monoisotopic (exact) mass is 279 g/mol. The first kappa shape index (κ1) is 15.5. The zero-order valence-electron chi connectivity index (χ0n) is 13.3. The van der Waals surface area contributed by atoms with Gasteiger partial charge in [0.1, 0.15) is 0 Å². The summed E-state index contributed by atoms with van der Waals surface area (Å²) >= 11 is 0. The molecule has 1 aliphatic heterocycles. The average Bonchev–Trinajstić information content (AvgIpc) is 2.73. The van der Waals surface area contributed by atoms with E-state index in [1.165, 1.54) is 30.6 Å². The van der Waals surface area contributed by atoms with E-state index in [1.54, 1.807) is 0 Å². The third-order valence-electron chi connectivity index (χ3n) is 4.57. The van der Waals surface area contributed by atoms with Crippen LogP contribution in [0.4, 0.5) is 0 Å². The molecule has 1 atom stereocenters. The van der Waals surface area contributed by atoms with E-state index < -0.39 is 0 Å². The Bertz CT molecular complexity index is 418. The highest BCUT2D eigenvalue weighted by Crippen LogP contribution is 2.28. The van der Waals surface area contributed by atoms with E-state index in [4.69, 9.17) is 5.73 Å². The number of hydrogen-bond acceptors (Lipinski definition) is 4. The van der Waals surface area contributed by atoms with Gasteiger partial charge in [0.15, 0.2) is 0 Å². The first-order valence-electron chi connectivity index (χ1n) is 7.60. The van der Waals surface area contributed by atoms with Crippen LogP contribution in [0.25, 0.3) is 0 Å². The van der Waals surface area contributed by atoms with E-state index >= 15 is 0 Å².